The number of unbranched alkanes of at least 4 members (excludes halogenated alkanes) is 3. The lowest BCUT2D eigenvalue weighted by atomic mass is 9.93. The first-order chi connectivity index (χ1) is 26.2. The number of hydrogen-bond donors (Lipinski definition) is 3. The molecule has 0 fully saturated rings. The van der Waals surface area contributed by atoms with Crippen molar-refractivity contribution in [2.75, 3.05) is 45.9 Å². The third-order valence-corrected chi connectivity index (χ3v) is 10.0. The van der Waals surface area contributed by atoms with Crippen LogP contribution in [-0.4, -0.2) is 83.8 Å². The number of nitrogens with one attached hydrogen (secondary N) is 1. The van der Waals surface area contributed by atoms with E-state index in [2.05, 4.69) is 130 Å². The summed E-state index contributed by atoms with van der Waals surface area (Å²) in [5.41, 5.74) is 6.41. The number of carbonyl (C=O) groups is 2. The average Bonchev–Trinajstić information content (AvgIpc) is 3.61. The summed E-state index contributed by atoms with van der Waals surface area (Å²) in [6, 6.07) is 17.1. The van der Waals surface area contributed by atoms with Crippen LogP contribution in [0, 0.1) is 5.92 Å². The fourth-order valence-electron chi connectivity index (χ4n) is 5.48. The number of ether oxygens (including phenoxy) is 1. The molecule has 55 heavy (non-hydrogen) atoms. The highest BCUT2D eigenvalue weighted by Gasteiger charge is 2.32. The number of hydrogen-bond acceptors (Lipinski definition) is 10. The van der Waals surface area contributed by atoms with Crippen molar-refractivity contribution in [3.8, 4) is 22.5 Å². The van der Waals surface area contributed by atoms with Crippen LogP contribution in [0.3, 0.4) is 0 Å². The van der Waals surface area contributed by atoms with Gasteiger partial charge in [0.05, 0.1) is 23.4 Å². The maximum Gasteiger partial charge on any atom is 0.329 e. The van der Waals surface area contributed by atoms with Gasteiger partial charge in [0.15, 0.2) is 0 Å². The molecule has 0 radical (unpaired) electrons. The van der Waals surface area contributed by atoms with Gasteiger partial charge in [0.1, 0.15) is 12.0 Å². The number of benzene rings is 2. The van der Waals surface area contributed by atoms with Gasteiger partial charge in [-0.15, -0.1) is 5.10 Å². The molecule has 1 unspecified atom stereocenters. The Hall–Kier alpha value is -3.25. The van der Waals surface area contributed by atoms with Crippen LogP contribution in [0.5, 0.6) is 0 Å². The molecule has 3 aromatic rings. The van der Waals surface area contributed by atoms with Gasteiger partial charge in [-0.05, 0) is 64.5 Å². The Bertz CT molecular complexity index is 1510. The Morgan fingerprint density at radius 3 is 2.24 bits per heavy atom. The Morgan fingerprint density at radius 2 is 1.60 bits per heavy atom. The molecule has 2 aromatic carbocycles. The molecule has 0 spiro atoms. The summed E-state index contributed by atoms with van der Waals surface area (Å²) in [6.45, 7) is 20.1. The van der Waals surface area contributed by atoms with E-state index in [4.69, 9.17) is 29.6 Å². The van der Waals surface area contributed by atoms with Gasteiger partial charge >= 0.3 is 8.60 Å². The number of carbonyl (C=O) groups excluding carboxylic acids is 2. The van der Waals surface area contributed by atoms with E-state index in [1.807, 2.05) is 0 Å². The number of amides is 1. The van der Waals surface area contributed by atoms with Gasteiger partial charge in [0.25, 0.3) is 0 Å². The predicted octanol–water partition coefficient (Wildman–Crippen LogP) is 8.69. The minimum Gasteiger partial charge on any atom is -0.400 e. The molecule has 12 nitrogen and oxygen atoms in total. The van der Waals surface area contributed by atoms with Gasteiger partial charge in [0, 0.05) is 70.6 Å². The number of rotatable bonds is 18. The Morgan fingerprint density at radius 1 is 0.982 bits per heavy atom. The minimum atomic E-state index is -1.71. The van der Waals surface area contributed by atoms with Crippen molar-refractivity contribution >= 4 is 26.5 Å². The Labute approximate surface area is 332 Å². The third kappa shape index (κ3) is 16.8. The summed E-state index contributed by atoms with van der Waals surface area (Å²) < 4.78 is 18.0. The van der Waals surface area contributed by atoms with Crippen LogP contribution in [0.1, 0.15) is 112 Å². The zero-order valence-electron chi connectivity index (χ0n) is 35.4. The van der Waals surface area contributed by atoms with Crippen LogP contribution in [-0.2, 0) is 35.5 Å². The van der Waals surface area contributed by atoms with Gasteiger partial charge in [0.2, 0.25) is 5.91 Å². The Balaban J connectivity index is 0.000000561. The van der Waals surface area contributed by atoms with Gasteiger partial charge in [-0.3, -0.25) is 4.79 Å². The number of nitrogens with zero attached hydrogens (tertiary/aromatic N) is 4. The second-order valence-electron chi connectivity index (χ2n) is 14.8. The predicted molar refractivity (Wildman–Crippen MR) is 225 cm³/mol. The number of aromatic nitrogens is 3. The summed E-state index contributed by atoms with van der Waals surface area (Å²) in [5, 5.41) is 19.2. The lowest BCUT2D eigenvalue weighted by Crippen LogP contribution is -2.35. The molecule has 1 aliphatic heterocycles. The summed E-state index contributed by atoms with van der Waals surface area (Å²) in [4.78, 5) is 32.4. The average molecular weight is 788 g/mol. The molecular weight excluding hydrogens is 717 g/mol. The highest BCUT2D eigenvalue weighted by Crippen LogP contribution is 2.42. The second-order valence-corrected chi connectivity index (χ2v) is 15.9. The standard InChI is InChI=1S/C27H36N4O.C11H22NO5P.C3H8.CH4O/c1-19(2)27(5,6)32-17-16-26(3,4)31-25-21-13-9-8-12-20(21)18-30(7)23-15-11-10-14-22(23)24(25)28-29-31;1-16-18(15)17-10-5-3-2-4-8-12-11(14)7-6-9-13;1-3-2;1-2/h8-15,19H,16-18H2,1-7H3;9,15H,2-8,10H2,1H3,(H,12,14);3H2,1-2H3;2H,1H3. The first-order valence-electron chi connectivity index (χ1n) is 19.5. The normalized spacial score (nSPS) is 12.5. The highest BCUT2D eigenvalue weighted by atomic mass is 31.2. The molecule has 1 aliphatic rings. The van der Waals surface area contributed by atoms with E-state index >= 15 is 0 Å². The third-order valence-electron chi connectivity index (χ3n) is 9.31. The van der Waals surface area contributed by atoms with Crippen LogP contribution in [0.25, 0.3) is 22.5 Å². The van der Waals surface area contributed by atoms with Gasteiger partial charge in [-0.2, -0.15) is 0 Å². The SMILES string of the molecule is CC(C)C(C)(C)OCCC(C)(C)n1nnc2c1-c1ccccc1CN(C)c1ccccc1-2.CCC.CO.COP(O)OCCCCCCNC(=O)CCC=O. The molecule has 4 rings (SSSR count). The van der Waals surface area contributed by atoms with Crippen molar-refractivity contribution in [2.24, 2.45) is 5.92 Å². The molecule has 1 atom stereocenters. The van der Waals surface area contributed by atoms with Crippen LogP contribution in [0.15, 0.2) is 48.5 Å². The first-order valence-corrected chi connectivity index (χ1v) is 20.7. The van der Waals surface area contributed by atoms with Crippen molar-refractivity contribution in [3.63, 3.8) is 0 Å². The topological polar surface area (TPSA) is 148 Å². The van der Waals surface area contributed by atoms with E-state index in [0.717, 1.165) is 69.0 Å². The maximum atomic E-state index is 11.1. The first kappa shape index (κ1) is 49.8. The number of anilines is 1. The summed E-state index contributed by atoms with van der Waals surface area (Å²) >= 11 is 0. The number of fused-ring (bicyclic) bond motifs is 5. The van der Waals surface area contributed by atoms with Gasteiger partial charge in [-0.1, -0.05) is 94.6 Å². The van der Waals surface area contributed by atoms with Crippen molar-refractivity contribution in [1.29, 1.82) is 0 Å². The Kier molecular flexibility index (Phi) is 24.0. The highest BCUT2D eigenvalue weighted by molar-refractivity contribution is 7.40. The van der Waals surface area contributed by atoms with Gasteiger partial charge < -0.3 is 38.8 Å². The van der Waals surface area contributed by atoms with E-state index in [1.54, 1.807) is 0 Å². The van der Waals surface area contributed by atoms with Crippen molar-refractivity contribution < 1.29 is 33.4 Å². The lowest BCUT2D eigenvalue weighted by Gasteiger charge is -2.33. The molecule has 0 aliphatic carbocycles. The maximum absolute atomic E-state index is 11.1. The summed E-state index contributed by atoms with van der Waals surface area (Å²) in [7, 11) is 2.84. The largest absolute Gasteiger partial charge is 0.400 e. The molecule has 3 N–H and O–H groups in total. The van der Waals surface area contributed by atoms with Crippen LogP contribution >= 0.6 is 8.60 Å². The number of aliphatic hydroxyl groups is 1. The van der Waals surface area contributed by atoms with Crippen molar-refractivity contribution in [3.05, 3.63) is 54.1 Å². The van der Waals surface area contributed by atoms with Crippen LogP contribution < -0.4 is 10.2 Å². The fourth-order valence-corrected chi connectivity index (χ4v) is 5.87. The zero-order valence-corrected chi connectivity index (χ0v) is 36.3. The van der Waals surface area contributed by atoms with E-state index in [-0.39, 0.29) is 29.9 Å². The number of aldehydes is 1. The quantitative estimate of drug-likeness (QED) is 0.0650. The zero-order chi connectivity index (χ0) is 41.4. The second kappa shape index (κ2) is 26.6. The monoisotopic (exact) mass is 788 g/mol. The van der Waals surface area contributed by atoms with Crippen molar-refractivity contribution in [2.45, 2.75) is 124 Å². The number of para-hydroxylation sites is 1. The van der Waals surface area contributed by atoms with Crippen LogP contribution in [0.2, 0.25) is 0 Å². The minimum absolute atomic E-state index is 0.0727. The fraction of sp³-hybridized carbons (Fsp3) is 0.619. The summed E-state index contributed by atoms with van der Waals surface area (Å²) in [6.07, 6.45) is 7.15. The molecule has 0 bridgehead atoms. The molecule has 1 aromatic heterocycles. The van der Waals surface area contributed by atoms with Crippen LogP contribution in [0.4, 0.5) is 5.69 Å². The van der Waals surface area contributed by atoms with Gasteiger partial charge in [-0.25, -0.2) is 4.68 Å². The lowest BCUT2D eigenvalue weighted by molar-refractivity contribution is -0.122. The molecule has 13 heteroatoms. The molecule has 1 amide bonds. The molecule has 0 saturated heterocycles. The number of aliphatic hydroxyl groups excluding tert-OH is 1. The smallest absolute Gasteiger partial charge is 0.329 e. The van der Waals surface area contributed by atoms with E-state index in [9.17, 15) is 9.59 Å². The van der Waals surface area contributed by atoms with Crippen molar-refractivity contribution in [1.82, 2.24) is 20.3 Å². The molecule has 2 heterocycles. The summed E-state index contributed by atoms with van der Waals surface area (Å²) in [5.74, 6) is 0.383. The molecular formula is C42H70N5O7P. The van der Waals surface area contributed by atoms with E-state index in [0.29, 0.717) is 25.7 Å². The molecule has 310 valence electrons. The van der Waals surface area contributed by atoms with E-state index < -0.39 is 8.60 Å². The van der Waals surface area contributed by atoms with E-state index in [1.165, 1.54) is 30.3 Å². The molecule has 0 saturated carbocycles.